The molecule has 0 radical (unpaired) electrons. The summed E-state index contributed by atoms with van der Waals surface area (Å²) >= 11 is 0. The molecule has 0 heterocycles. The van der Waals surface area contributed by atoms with Crippen LogP contribution in [-0.4, -0.2) is 44.5 Å². The molecule has 0 fully saturated rings. The van der Waals surface area contributed by atoms with Crippen LogP contribution >= 0.6 is 0 Å². The molecule has 4 nitrogen and oxygen atoms in total. The Labute approximate surface area is 80.1 Å². The van der Waals surface area contributed by atoms with Crippen LogP contribution in [0.25, 0.3) is 0 Å². The molecule has 13 heavy (non-hydrogen) atoms. The van der Waals surface area contributed by atoms with E-state index in [9.17, 15) is 8.42 Å². The summed E-state index contributed by atoms with van der Waals surface area (Å²) in [4.78, 5) is 1.81. The van der Waals surface area contributed by atoms with Gasteiger partial charge < -0.3 is 0 Å². The smallest absolute Gasteiger partial charge is 0.151 e. The molecule has 0 aromatic rings. The zero-order valence-corrected chi connectivity index (χ0v) is 8.97. The summed E-state index contributed by atoms with van der Waals surface area (Å²) in [7, 11) is -2.89. The Bertz CT molecular complexity index is 266. The molecule has 0 N–H and O–H groups in total. The first kappa shape index (κ1) is 12.4. The maximum atomic E-state index is 11.1. The van der Waals surface area contributed by atoms with Gasteiger partial charge in [0.05, 0.1) is 18.4 Å². The molecule has 0 spiro atoms. The first-order valence-corrected chi connectivity index (χ1v) is 6.17. The maximum Gasteiger partial charge on any atom is 0.151 e. The van der Waals surface area contributed by atoms with Gasteiger partial charge >= 0.3 is 0 Å². The first-order valence-electron chi connectivity index (χ1n) is 4.35. The maximum absolute atomic E-state index is 11.1. The molecule has 0 saturated heterocycles. The Kier molecular flexibility index (Phi) is 5.67. The van der Waals surface area contributed by atoms with Crippen LogP contribution in [0.2, 0.25) is 0 Å². The minimum Gasteiger partial charge on any atom is -0.290 e. The van der Waals surface area contributed by atoms with Crippen LogP contribution < -0.4 is 0 Å². The standard InChI is InChI=1S/C8H16N2O2S/c1-3-10(6-5-9)7-8-13(11,12)4-2/h3-4,6-8H2,1-2H3. The zero-order chi connectivity index (χ0) is 10.3. The average Bonchev–Trinajstić information content (AvgIpc) is 2.12. The molecule has 0 rings (SSSR count). The van der Waals surface area contributed by atoms with Crippen LogP contribution in [0.3, 0.4) is 0 Å². The summed E-state index contributed by atoms with van der Waals surface area (Å²) in [6.45, 7) is 5.02. The van der Waals surface area contributed by atoms with Crippen molar-refractivity contribution in [3.05, 3.63) is 0 Å². The SMILES string of the molecule is CCN(CC#N)CCS(=O)(=O)CC. The summed E-state index contributed by atoms with van der Waals surface area (Å²) in [5.74, 6) is 0.329. The van der Waals surface area contributed by atoms with Gasteiger partial charge in [-0.25, -0.2) is 8.42 Å². The zero-order valence-electron chi connectivity index (χ0n) is 8.15. The highest BCUT2D eigenvalue weighted by Gasteiger charge is 2.09. The Hall–Kier alpha value is -0.600. The third kappa shape index (κ3) is 5.61. The van der Waals surface area contributed by atoms with Crippen molar-refractivity contribution in [2.75, 3.05) is 31.1 Å². The number of hydrogen-bond acceptors (Lipinski definition) is 4. The van der Waals surface area contributed by atoms with Gasteiger partial charge in [0, 0.05) is 12.3 Å². The highest BCUT2D eigenvalue weighted by atomic mass is 32.2. The Balaban J connectivity index is 3.93. The molecule has 0 aliphatic carbocycles. The van der Waals surface area contributed by atoms with Gasteiger partial charge in [-0.05, 0) is 6.54 Å². The number of sulfone groups is 1. The van der Waals surface area contributed by atoms with Crippen LogP contribution in [-0.2, 0) is 9.84 Å². The third-order valence-corrected chi connectivity index (χ3v) is 3.58. The first-order chi connectivity index (χ1) is 6.05. The largest absolute Gasteiger partial charge is 0.290 e. The van der Waals surface area contributed by atoms with Crippen molar-refractivity contribution in [3.8, 4) is 6.07 Å². The van der Waals surface area contributed by atoms with E-state index >= 15 is 0 Å². The lowest BCUT2D eigenvalue weighted by molar-refractivity contribution is 0.341. The van der Waals surface area contributed by atoms with E-state index in [0.717, 1.165) is 0 Å². The number of nitriles is 1. The molecule has 0 saturated carbocycles. The fourth-order valence-corrected chi connectivity index (χ4v) is 1.69. The van der Waals surface area contributed by atoms with Crippen LogP contribution in [0.1, 0.15) is 13.8 Å². The molecule has 0 aromatic heterocycles. The lowest BCUT2D eigenvalue weighted by Gasteiger charge is -2.15. The van der Waals surface area contributed by atoms with Gasteiger partial charge in [0.15, 0.2) is 9.84 Å². The second-order valence-corrected chi connectivity index (χ2v) is 5.24. The molecule has 0 aliphatic rings. The van der Waals surface area contributed by atoms with E-state index in [1.54, 1.807) is 6.92 Å². The van der Waals surface area contributed by atoms with E-state index in [-0.39, 0.29) is 11.5 Å². The number of hydrogen-bond donors (Lipinski definition) is 0. The van der Waals surface area contributed by atoms with Crippen LogP contribution in [0.15, 0.2) is 0 Å². The fourth-order valence-electron chi connectivity index (χ4n) is 0.861. The average molecular weight is 204 g/mol. The van der Waals surface area contributed by atoms with Gasteiger partial charge in [-0.3, -0.25) is 4.90 Å². The van der Waals surface area contributed by atoms with Crippen molar-refractivity contribution < 1.29 is 8.42 Å². The molecule has 5 heteroatoms. The molecule has 0 aliphatic heterocycles. The van der Waals surface area contributed by atoms with Gasteiger partial charge in [0.1, 0.15) is 0 Å². The number of nitrogens with zero attached hydrogens (tertiary/aromatic N) is 2. The summed E-state index contributed by atoms with van der Waals surface area (Å²) in [6, 6.07) is 2.00. The van der Waals surface area contributed by atoms with Crippen molar-refractivity contribution >= 4 is 9.84 Å². The van der Waals surface area contributed by atoms with Crippen molar-refractivity contribution in [2.24, 2.45) is 0 Å². The lowest BCUT2D eigenvalue weighted by atomic mass is 10.5. The fraction of sp³-hybridized carbons (Fsp3) is 0.875. The molecule has 0 unspecified atom stereocenters. The van der Waals surface area contributed by atoms with E-state index < -0.39 is 9.84 Å². The Morgan fingerprint density at radius 2 is 2.00 bits per heavy atom. The van der Waals surface area contributed by atoms with Gasteiger partial charge in [-0.2, -0.15) is 5.26 Å². The second-order valence-electron chi connectivity index (χ2n) is 2.76. The van der Waals surface area contributed by atoms with E-state index in [1.807, 2.05) is 17.9 Å². The van der Waals surface area contributed by atoms with Crippen LogP contribution in [0.5, 0.6) is 0 Å². The molecule has 76 valence electrons. The van der Waals surface area contributed by atoms with Gasteiger partial charge in [0.2, 0.25) is 0 Å². The summed E-state index contributed by atoms with van der Waals surface area (Å²) < 4.78 is 22.2. The van der Waals surface area contributed by atoms with E-state index in [0.29, 0.717) is 19.6 Å². The topological polar surface area (TPSA) is 61.2 Å². The minimum atomic E-state index is -2.89. The van der Waals surface area contributed by atoms with E-state index in [2.05, 4.69) is 0 Å². The number of rotatable bonds is 6. The van der Waals surface area contributed by atoms with Crippen LogP contribution in [0.4, 0.5) is 0 Å². The summed E-state index contributed by atoms with van der Waals surface area (Å²) in [5.41, 5.74) is 0. The predicted molar refractivity (Wildman–Crippen MR) is 52.1 cm³/mol. The molecule has 0 amide bonds. The molecular weight excluding hydrogens is 188 g/mol. The van der Waals surface area contributed by atoms with Crippen LogP contribution in [0, 0.1) is 11.3 Å². The van der Waals surface area contributed by atoms with Gasteiger partial charge in [-0.1, -0.05) is 13.8 Å². The van der Waals surface area contributed by atoms with Crippen molar-refractivity contribution in [3.63, 3.8) is 0 Å². The minimum absolute atomic E-state index is 0.152. The van der Waals surface area contributed by atoms with Crippen molar-refractivity contribution in [1.82, 2.24) is 4.90 Å². The monoisotopic (exact) mass is 204 g/mol. The molecule has 0 aromatic carbocycles. The normalized spacial score (nSPS) is 11.5. The van der Waals surface area contributed by atoms with Crippen molar-refractivity contribution in [2.45, 2.75) is 13.8 Å². The lowest BCUT2D eigenvalue weighted by Crippen LogP contribution is -2.30. The van der Waals surface area contributed by atoms with Gasteiger partial charge in [0.25, 0.3) is 0 Å². The predicted octanol–water partition coefficient (Wildman–Crippen LogP) is 0.267. The highest BCUT2D eigenvalue weighted by molar-refractivity contribution is 7.91. The molecule has 0 bridgehead atoms. The summed E-state index contributed by atoms with van der Waals surface area (Å²) in [5, 5.41) is 8.41. The third-order valence-electron chi connectivity index (χ3n) is 1.90. The molecule has 0 atom stereocenters. The Morgan fingerprint density at radius 1 is 1.38 bits per heavy atom. The van der Waals surface area contributed by atoms with E-state index in [4.69, 9.17) is 5.26 Å². The molecular formula is C8H16N2O2S. The highest BCUT2D eigenvalue weighted by Crippen LogP contribution is 1.93. The quantitative estimate of drug-likeness (QED) is 0.582. The second kappa shape index (κ2) is 5.95. The Morgan fingerprint density at radius 3 is 2.38 bits per heavy atom. The van der Waals surface area contributed by atoms with E-state index in [1.165, 1.54) is 0 Å². The van der Waals surface area contributed by atoms with Gasteiger partial charge in [-0.15, -0.1) is 0 Å². The summed E-state index contributed by atoms with van der Waals surface area (Å²) in [6.07, 6.45) is 0. The van der Waals surface area contributed by atoms with Crippen molar-refractivity contribution in [1.29, 1.82) is 5.26 Å².